The number of nitrogens with two attached hydrogens (primary N) is 1. The molecular formula is C24H25NO7Si. The van der Waals surface area contributed by atoms with Gasteiger partial charge < -0.3 is 15.9 Å². The molecule has 2 unspecified atom stereocenters. The molecule has 9 heteroatoms. The lowest BCUT2D eigenvalue weighted by Gasteiger charge is -2.48. The van der Waals surface area contributed by atoms with Crippen LogP contribution in [-0.4, -0.2) is 52.9 Å². The van der Waals surface area contributed by atoms with Crippen molar-refractivity contribution in [1.29, 1.82) is 0 Å². The predicted octanol–water partition coefficient (Wildman–Crippen LogP) is 0.556. The van der Waals surface area contributed by atoms with E-state index in [0.717, 1.165) is 0 Å². The molecule has 0 spiro atoms. The fraction of sp³-hybridized carbons (Fsp3) is 0.458. The molecule has 1 aromatic carbocycles. The average molecular weight is 468 g/mol. The Morgan fingerprint density at radius 1 is 1.12 bits per heavy atom. The Labute approximate surface area is 191 Å². The number of carbonyl (C=O) groups excluding carboxylic acids is 5. The number of phenolic OH excluding ortho intramolecular Hbond substituents is 1. The van der Waals surface area contributed by atoms with E-state index in [-0.39, 0.29) is 30.6 Å². The monoisotopic (exact) mass is 467 g/mol. The molecule has 2 fully saturated rings. The number of ketones is 4. The topological polar surface area (TPSA) is 152 Å². The van der Waals surface area contributed by atoms with E-state index in [1.807, 2.05) is 0 Å². The van der Waals surface area contributed by atoms with Gasteiger partial charge in [-0.1, -0.05) is 25.6 Å². The largest absolute Gasteiger partial charge is 0.507 e. The van der Waals surface area contributed by atoms with Crippen molar-refractivity contribution in [3.8, 4) is 17.2 Å². The summed E-state index contributed by atoms with van der Waals surface area (Å²) in [4.78, 5) is 63.8. The molecule has 33 heavy (non-hydrogen) atoms. The predicted molar refractivity (Wildman–Crippen MR) is 119 cm³/mol. The summed E-state index contributed by atoms with van der Waals surface area (Å²) in [6, 6.07) is 2.99. The lowest BCUT2D eigenvalue weighted by Crippen LogP contribution is -2.68. The van der Waals surface area contributed by atoms with Gasteiger partial charge in [0.1, 0.15) is 13.8 Å². The highest BCUT2D eigenvalue weighted by Crippen LogP contribution is 2.50. The van der Waals surface area contributed by atoms with Crippen LogP contribution in [0.25, 0.3) is 0 Å². The first-order valence-corrected chi connectivity index (χ1v) is 14.3. The number of aromatic hydroxyl groups is 1. The zero-order valence-corrected chi connectivity index (χ0v) is 19.6. The molecule has 2 saturated carbocycles. The summed E-state index contributed by atoms with van der Waals surface area (Å²) >= 11 is 0. The van der Waals surface area contributed by atoms with E-state index in [2.05, 4.69) is 31.1 Å². The molecular weight excluding hydrogens is 442 g/mol. The minimum absolute atomic E-state index is 0.0280. The number of fused-ring (bicyclic) bond motifs is 3. The first-order chi connectivity index (χ1) is 15.3. The van der Waals surface area contributed by atoms with E-state index in [1.54, 1.807) is 6.07 Å². The van der Waals surface area contributed by atoms with Gasteiger partial charge >= 0.3 is 0 Å². The molecule has 0 heterocycles. The van der Waals surface area contributed by atoms with E-state index < -0.39 is 66.4 Å². The van der Waals surface area contributed by atoms with E-state index in [4.69, 9.17) is 5.73 Å². The number of aliphatic hydroxyl groups is 1. The van der Waals surface area contributed by atoms with Gasteiger partial charge in [-0.25, -0.2) is 0 Å². The van der Waals surface area contributed by atoms with Gasteiger partial charge in [0, 0.05) is 17.9 Å². The lowest BCUT2D eigenvalue weighted by molar-refractivity contribution is -0.175. The van der Waals surface area contributed by atoms with Crippen molar-refractivity contribution in [1.82, 2.24) is 0 Å². The summed E-state index contributed by atoms with van der Waals surface area (Å²) in [5.74, 6) is -6.98. The molecule has 172 valence electrons. The lowest BCUT2D eigenvalue weighted by atomic mass is 9.53. The number of hydrogen-bond donors (Lipinski definition) is 3. The zero-order chi connectivity index (χ0) is 24.5. The van der Waals surface area contributed by atoms with Gasteiger partial charge in [0.05, 0.1) is 11.5 Å². The fourth-order valence-electron chi connectivity index (χ4n) is 5.34. The normalized spacial score (nSPS) is 31.2. The van der Waals surface area contributed by atoms with E-state index in [1.165, 1.54) is 6.07 Å². The molecule has 3 aliphatic rings. The zero-order valence-electron chi connectivity index (χ0n) is 18.6. The minimum Gasteiger partial charge on any atom is -0.507 e. The van der Waals surface area contributed by atoms with Gasteiger partial charge in [0.2, 0.25) is 5.91 Å². The maximum Gasteiger partial charge on any atom is 0.235 e. The highest BCUT2D eigenvalue weighted by molar-refractivity contribution is 6.83. The molecule has 3 aliphatic carbocycles. The van der Waals surface area contributed by atoms with Crippen molar-refractivity contribution in [2.24, 2.45) is 29.4 Å². The molecule has 0 bridgehead atoms. The highest BCUT2D eigenvalue weighted by Gasteiger charge is 2.66. The van der Waals surface area contributed by atoms with Crippen LogP contribution in [0.2, 0.25) is 19.6 Å². The van der Waals surface area contributed by atoms with Crippen LogP contribution < -0.4 is 5.73 Å². The molecule has 5 atom stereocenters. The summed E-state index contributed by atoms with van der Waals surface area (Å²) in [5, 5.41) is 21.6. The number of Topliss-reactive ketones (excluding diaryl/α,β-unsaturated/α-hetero) is 4. The molecule has 0 aliphatic heterocycles. The first kappa shape index (κ1) is 23.1. The van der Waals surface area contributed by atoms with Crippen LogP contribution in [0.15, 0.2) is 12.1 Å². The molecule has 1 amide bonds. The second-order valence-electron chi connectivity index (χ2n) is 10.2. The number of hydrogen-bond acceptors (Lipinski definition) is 7. The molecule has 4 rings (SSSR count). The van der Waals surface area contributed by atoms with Crippen LogP contribution in [0.1, 0.15) is 34.3 Å². The minimum atomic E-state index is -2.63. The Hall–Kier alpha value is -3.09. The van der Waals surface area contributed by atoms with Crippen molar-refractivity contribution in [2.75, 3.05) is 0 Å². The number of carbonyl (C=O) groups is 5. The third-order valence-electron chi connectivity index (χ3n) is 6.86. The van der Waals surface area contributed by atoms with Gasteiger partial charge in [0.15, 0.2) is 34.7 Å². The maximum atomic E-state index is 13.4. The van der Waals surface area contributed by atoms with Crippen LogP contribution >= 0.6 is 0 Å². The van der Waals surface area contributed by atoms with Gasteiger partial charge in [-0.15, -0.1) is 5.54 Å². The molecule has 1 aromatic rings. The maximum absolute atomic E-state index is 13.4. The Balaban J connectivity index is 1.81. The highest BCUT2D eigenvalue weighted by atomic mass is 28.3. The van der Waals surface area contributed by atoms with Gasteiger partial charge in [-0.3, -0.25) is 24.0 Å². The van der Waals surface area contributed by atoms with Crippen molar-refractivity contribution >= 4 is 37.1 Å². The molecule has 0 saturated heterocycles. The average Bonchev–Trinajstić information content (AvgIpc) is 2.69. The number of phenols is 1. The Bertz CT molecular complexity index is 1200. The number of amides is 1. The van der Waals surface area contributed by atoms with Crippen LogP contribution in [-0.2, 0) is 25.6 Å². The van der Waals surface area contributed by atoms with Crippen molar-refractivity contribution in [3.63, 3.8) is 0 Å². The van der Waals surface area contributed by atoms with Crippen LogP contribution in [0.4, 0.5) is 0 Å². The van der Waals surface area contributed by atoms with Crippen LogP contribution in [0, 0.1) is 35.1 Å². The number of rotatable bonds is 1. The van der Waals surface area contributed by atoms with E-state index >= 15 is 0 Å². The molecule has 8 nitrogen and oxygen atoms in total. The number of primary amides is 1. The second kappa shape index (κ2) is 7.47. The van der Waals surface area contributed by atoms with Crippen molar-refractivity contribution < 1.29 is 34.2 Å². The Kier molecular flexibility index (Phi) is 5.22. The fourth-order valence-corrected chi connectivity index (χ4v) is 5.85. The van der Waals surface area contributed by atoms with Crippen LogP contribution in [0.5, 0.6) is 5.75 Å². The van der Waals surface area contributed by atoms with Gasteiger partial charge in [0.25, 0.3) is 0 Å². The third kappa shape index (κ3) is 3.45. The quantitative estimate of drug-likeness (QED) is 0.310. The first-order valence-electron chi connectivity index (χ1n) is 10.8. The summed E-state index contributed by atoms with van der Waals surface area (Å²) < 4.78 is 0. The van der Waals surface area contributed by atoms with Crippen molar-refractivity contribution in [2.45, 2.75) is 44.5 Å². The summed E-state index contributed by atoms with van der Waals surface area (Å²) in [6.07, 6.45) is -0.0540. The summed E-state index contributed by atoms with van der Waals surface area (Å²) in [5.41, 5.74) is 6.88. The number of benzene rings is 1. The van der Waals surface area contributed by atoms with Crippen LogP contribution in [0.3, 0.4) is 0 Å². The third-order valence-corrected chi connectivity index (χ3v) is 7.73. The van der Waals surface area contributed by atoms with E-state index in [0.29, 0.717) is 11.1 Å². The molecule has 4 N–H and O–H groups in total. The summed E-state index contributed by atoms with van der Waals surface area (Å²) in [6.45, 7) is 6.22. The standard InChI is InChI=1S/C24H25NO7Si/c1-33(2,3)7-6-11-4-5-15(26)18-14(11)9-12-8-13-10-16(27)19(23(25)31)22(30)24(13,32)21(29)17(12)20(18)28/h4-5,12-13,17,19,26,32H,8-10H2,1-3H3,(H2,25,31)/t12-,13+,17?,19?,24+/m1/s1. The Morgan fingerprint density at radius 3 is 2.39 bits per heavy atom. The molecule has 0 radical (unpaired) electrons. The summed E-state index contributed by atoms with van der Waals surface area (Å²) in [7, 11) is -1.73. The van der Waals surface area contributed by atoms with E-state index in [9.17, 15) is 34.2 Å². The SMILES string of the molecule is C[Si](C)(C)C#Cc1ccc(O)c2c1C[C@H]1C[C@H]3CC(=O)C(C(N)=O)C(=O)[C@@]3(O)C(=O)C1C2=O. The smallest absolute Gasteiger partial charge is 0.235 e. The van der Waals surface area contributed by atoms with Gasteiger partial charge in [-0.2, -0.15) is 0 Å². The van der Waals surface area contributed by atoms with Gasteiger partial charge in [-0.05, 0) is 36.5 Å². The Morgan fingerprint density at radius 2 is 1.79 bits per heavy atom. The molecule has 0 aromatic heterocycles. The van der Waals surface area contributed by atoms with Crippen molar-refractivity contribution in [3.05, 3.63) is 28.8 Å². The second-order valence-corrected chi connectivity index (χ2v) is 15.0.